The van der Waals surface area contributed by atoms with Crippen LogP contribution in [0.3, 0.4) is 0 Å². The molecule has 0 aliphatic heterocycles. The van der Waals surface area contributed by atoms with Crippen LogP contribution in [-0.2, 0) is 11.0 Å². The molecular weight excluding hydrogens is 491 g/mol. The summed E-state index contributed by atoms with van der Waals surface area (Å²) in [6, 6.07) is 13.3. The lowest BCUT2D eigenvalue weighted by Crippen LogP contribution is -2.14. The second-order valence-electron chi connectivity index (χ2n) is 7.82. The van der Waals surface area contributed by atoms with E-state index < -0.39 is 34.0 Å². The van der Waals surface area contributed by atoms with Crippen LogP contribution in [0.1, 0.15) is 22.3 Å². The van der Waals surface area contributed by atoms with Crippen molar-refractivity contribution in [3.63, 3.8) is 0 Å². The number of nitro benzene ring substituents is 1. The standard InChI is InChI=1S/C26H20F3N3O5/c1-15-5-4-6-20(16(15)2)31-25(33)18(14-30)11-17-7-9-23(24(12-17)36-3)37-22-10-8-19(26(27,28)29)13-21(22)32(34)35/h4-13H,1-3H3,(H,31,33)/b18-11+. The van der Waals surface area contributed by atoms with Crippen LogP contribution >= 0.6 is 0 Å². The summed E-state index contributed by atoms with van der Waals surface area (Å²) in [7, 11) is 1.29. The first-order chi connectivity index (χ1) is 17.4. The lowest BCUT2D eigenvalue weighted by Gasteiger charge is -2.13. The second kappa shape index (κ2) is 10.8. The summed E-state index contributed by atoms with van der Waals surface area (Å²) in [4.78, 5) is 23.0. The molecule has 0 bridgehead atoms. The molecule has 37 heavy (non-hydrogen) atoms. The van der Waals surface area contributed by atoms with Gasteiger partial charge < -0.3 is 14.8 Å². The first-order valence-electron chi connectivity index (χ1n) is 10.7. The number of benzene rings is 3. The number of nitro groups is 1. The molecule has 190 valence electrons. The fourth-order valence-electron chi connectivity index (χ4n) is 3.29. The van der Waals surface area contributed by atoms with Gasteiger partial charge in [-0.15, -0.1) is 0 Å². The number of carbonyl (C=O) groups excluding carboxylic acids is 1. The summed E-state index contributed by atoms with van der Waals surface area (Å²) < 4.78 is 49.6. The van der Waals surface area contributed by atoms with E-state index in [9.17, 15) is 33.3 Å². The molecule has 8 nitrogen and oxygen atoms in total. The van der Waals surface area contributed by atoms with Gasteiger partial charge in [-0.05, 0) is 66.9 Å². The Labute approximate surface area is 209 Å². The molecule has 0 spiro atoms. The van der Waals surface area contributed by atoms with Crippen molar-refractivity contribution in [3.8, 4) is 23.3 Å². The van der Waals surface area contributed by atoms with Crippen LogP contribution in [-0.4, -0.2) is 17.9 Å². The highest BCUT2D eigenvalue weighted by atomic mass is 19.4. The van der Waals surface area contributed by atoms with E-state index in [0.29, 0.717) is 23.4 Å². The maximum Gasteiger partial charge on any atom is 0.416 e. The number of halogens is 3. The Kier molecular flexibility index (Phi) is 7.82. The Hall–Kier alpha value is -4.85. The van der Waals surface area contributed by atoms with E-state index >= 15 is 0 Å². The van der Waals surface area contributed by atoms with E-state index in [0.717, 1.165) is 17.2 Å². The fraction of sp³-hybridized carbons (Fsp3) is 0.154. The van der Waals surface area contributed by atoms with E-state index in [-0.39, 0.29) is 17.1 Å². The number of hydrogen-bond donors (Lipinski definition) is 1. The minimum Gasteiger partial charge on any atom is -0.493 e. The predicted molar refractivity (Wildman–Crippen MR) is 129 cm³/mol. The zero-order valence-electron chi connectivity index (χ0n) is 19.8. The average Bonchev–Trinajstić information content (AvgIpc) is 2.85. The number of carbonyl (C=O) groups is 1. The first-order valence-corrected chi connectivity index (χ1v) is 10.7. The van der Waals surface area contributed by atoms with E-state index in [1.807, 2.05) is 26.0 Å². The summed E-state index contributed by atoms with van der Waals surface area (Å²) in [6.45, 7) is 3.73. The number of methoxy groups -OCH3 is 1. The third kappa shape index (κ3) is 6.24. The molecule has 3 aromatic rings. The first kappa shape index (κ1) is 26.7. The summed E-state index contributed by atoms with van der Waals surface area (Å²) in [5.74, 6) is -1.02. The molecule has 0 fully saturated rings. The van der Waals surface area contributed by atoms with Crippen molar-refractivity contribution in [3.05, 3.63) is 92.5 Å². The molecule has 1 N–H and O–H groups in total. The van der Waals surface area contributed by atoms with Gasteiger partial charge in [-0.25, -0.2) is 0 Å². The van der Waals surface area contributed by atoms with Gasteiger partial charge in [-0.3, -0.25) is 14.9 Å². The van der Waals surface area contributed by atoms with Gasteiger partial charge in [0.1, 0.15) is 11.6 Å². The fourth-order valence-corrected chi connectivity index (χ4v) is 3.29. The molecule has 0 saturated heterocycles. The molecule has 0 saturated carbocycles. The molecular formula is C26H20F3N3O5. The topological polar surface area (TPSA) is 114 Å². The molecule has 3 rings (SSSR count). The third-order valence-electron chi connectivity index (χ3n) is 5.42. The van der Waals surface area contributed by atoms with Crippen LogP contribution in [0, 0.1) is 35.3 Å². The number of alkyl halides is 3. The van der Waals surface area contributed by atoms with Crippen molar-refractivity contribution >= 4 is 23.4 Å². The Bertz CT molecular complexity index is 1440. The Morgan fingerprint density at radius 2 is 1.78 bits per heavy atom. The van der Waals surface area contributed by atoms with Gasteiger partial charge in [-0.2, -0.15) is 18.4 Å². The Morgan fingerprint density at radius 3 is 2.41 bits per heavy atom. The second-order valence-corrected chi connectivity index (χ2v) is 7.82. The zero-order chi connectivity index (χ0) is 27.3. The average molecular weight is 511 g/mol. The number of anilines is 1. The Balaban J connectivity index is 1.90. The SMILES string of the molecule is COc1cc(/C=C(\C#N)C(=O)Nc2cccc(C)c2C)ccc1Oc1ccc(C(F)(F)F)cc1[N+](=O)[O-]. The van der Waals surface area contributed by atoms with E-state index in [4.69, 9.17) is 9.47 Å². The van der Waals surface area contributed by atoms with E-state index in [1.54, 1.807) is 12.1 Å². The van der Waals surface area contributed by atoms with Gasteiger partial charge in [0, 0.05) is 11.8 Å². The van der Waals surface area contributed by atoms with E-state index in [2.05, 4.69) is 5.32 Å². The molecule has 0 heterocycles. The van der Waals surface area contributed by atoms with Crippen LogP contribution in [0.25, 0.3) is 6.08 Å². The number of ether oxygens (including phenoxy) is 2. The molecule has 1 amide bonds. The maximum absolute atomic E-state index is 13.0. The van der Waals surface area contributed by atoms with Crippen molar-refractivity contribution < 1.29 is 32.4 Å². The van der Waals surface area contributed by atoms with Crippen LogP contribution in [0.2, 0.25) is 0 Å². The predicted octanol–water partition coefficient (Wildman–Crippen LogP) is 6.58. The lowest BCUT2D eigenvalue weighted by atomic mass is 10.1. The van der Waals surface area contributed by atoms with Crippen LogP contribution in [0.15, 0.2) is 60.2 Å². The van der Waals surface area contributed by atoms with Crippen molar-refractivity contribution in [2.24, 2.45) is 0 Å². The van der Waals surface area contributed by atoms with Gasteiger partial charge in [-0.1, -0.05) is 18.2 Å². The molecule has 0 unspecified atom stereocenters. The smallest absolute Gasteiger partial charge is 0.416 e. The molecule has 3 aromatic carbocycles. The third-order valence-corrected chi connectivity index (χ3v) is 5.42. The number of rotatable bonds is 7. The van der Waals surface area contributed by atoms with Crippen LogP contribution in [0.5, 0.6) is 17.2 Å². The summed E-state index contributed by atoms with van der Waals surface area (Å²) in [5.41, 5.74) is 0.486. The van der Waals surface area contributed by atoms with Gasteiger partial charge >= 0.3 is 11.9 Å². The molecule has 0 radical (unpaired) electrons. The van der Waals surface area contributed by atoms with Gasteiger partial charge in [0.05, 0.1) is 17.6 Å². The Morgan fingerprint density at radius 1 is 1.08 bits per heavy atom. The highest BCUT2D eigenvalue weighted by molar-refractivity contribution is 6.10. The summed E-state index contributed by atoms with van der Waals surface area (Å²) >= 11 is 0. The number of hydrogen-bond acceptors (Lipinski definition) is 6. The largest absolute Gasteiger partial charge is 0.493 e. The number of nitrogens with zero attached hydrogens (tertiary/aromatic N) is 2. The summed E-state index contributed by atoms with van der Waals surface area (Å²) in [6.07, 6.45) is -3.45. The molecule has 0 aliphatic carbocycles. The molecule has 0 aromatic heterocycles. The lowest BCUT2D eigenvalue weighted by molar-refractivity contribution is -0.385. The van der Waals surface area contributed by atoms with Gasteiger partial charge in [0.15, 0.2) is 11.5 Å². The number of nitrogens with one attached hydrogen (secondary N) is 1. The van der Waals surface area contributed by atoms with Crippen molar-refractivity contribution in [2.75, 3.05) is 12.4 Å². The number of aryl methyl sites for hydroxylation is 1. The van der Waals surface area contributed by atoms with Crippen molar-refractivity contribution in [1.29, 1.82) is 5.26 Å². The summed E-state index contributed by atoms with van der Waals surface area (Å²) in [5, 5.41) is 23.6. The zero-order valence-corrected chi connectivity index (χ0v) is 19.8. The normalized spacial score (nSPS) is 11.4. The monoisotopic (exact) mass is 511 g/mol. The van der Waals surface area contributed by atoms with Gasteiger partial charge in [0.25, 0.3) is 5.91 Å². The molecule has 0 atom stereocenters. The van der Waals surface area contributed by atoms with E-state index in [1.165, 1.54) is 31.4 Å². The highest BCUT2D eigenvalue weighted by Crippen LogP contribution is 2.40. The van der Waals surface area contributed by atoms with Crippen molar-refractivity contribution in [2.45, 2.75) is 20.0 Å². The van der Waals surface area contributed by atoms with Gasteiger partial charge in [0.2, 0.25) is 5.75 Å². The quantitative estimate of drug-likeness (QED) is 0.166. The maximum atomic E-state index is 13.0. The van der Waals surface area contributed by atoms with Crippen LogP contribution < -0.4 is 14.8 Å². The number of nitriles is 1. The van der Waals surface area contributed by atoms with Crippen molar-refractivity contribution in [1.82, 2.24) is 0 Å². The molecule has 0 aliphatic rings. The number of amides is 1. The van der Waals surface area contributed by atoms with Crippen LogP contribution in [0.4, 0.5) is 24.5 Å². The minimum absolute atomic E-state index is 0.0270. The highest BCUT2D eigenvalue weighted by Gasteiger charge is 2.33. The minimum atomic E-state index is -4.77. The molecule has 11 heteroatoms.